The molecule has 5 rings (SSSR count). The van der Waals surface area contributed by atoms with Gasteiger partial charge in [-0.2, -0.15) is 0 Å². The molecular weight excluding hydrogens is 594 g/mol. The lowest BCUT2D eigenvalue weighted by molar-refractivity contribution is -0.135. The minimum atomic E-state index is -0.333. The number of aliphatic imine (C=N–C) groups is 2. The van der Waals surface area contributed by atoms with Crippen molar-refractivity contribution in [3.05, 3.63) is 113 Å². The van der Waals surface area contributed by atoms with Gasteiger partial charge in [-0.1, -0.05) is 72.5 Å². The van der Waals surface area contributed by atoms with Crippen LogP contribution in [0.4, 0.5) is 0 Å². The van der Waals surface area contributed by atoms with E-state index in [1.54, 1.807) is 12.4 Å². The van der Waals surface area contributed by atoms with Crippen molar-refractivity contribution in [2.75, 3.05) is 53.5 Å². The molecule has 1 fully saturated rings. The highest BCUT2D eigenvalue weighted by Crippen LogP contribution is 2.30. The van der Waals surface area contributed by atoms with E-state index < -0.39 is 0 Å². The number of amidine groups is 1. The maximum Gasteiger partial charge on any atom is 0.239 e. The van der Waals surface area contributed by atoms with Crippen LogP contribution in [0, 0.1) is 12.8 Å². The van der Waals surface area contributed by atoms with Crippen molar-refractivity contribution in [2.24, 2.45) is 9.98 Å². The number of nitrogens with zero attached hydrogens (tertiary/aromatic N) is 6. The standard InChI is InChI=1S/C38H49N7O.C2H2/c1-31(41-30-45-23-13-22-39-29-37(45)40-28-32-14-12-17-34(21-20-32)42(2)3)38(46)44-26-24-43(25-27-44)36-19-9-7-5-4-6-8-15-33-16-10-11-18-35(33)36;1-2/h4-5,7,9-12,14,16,18,20-23,29,31,36,41H,6,8,15,17,19,24-28,30H2,1-3H3;1-2H/b5-4-,9-7-,40-37?;. The molecule has 2 aliphatic heterocycles. The molecule has 2 heterocycles. The summed E-state index contributed by atoms with van der Waals surface area (Å²) in [5.41, 5.74) is 8.36. The van der Waals surface area contributed by atoms with Crippen molar-refractivity contribution in [3.8, 4) is 12.8 Å². The first kappa shape index (κ1) is 36.2. The number of rotatable bonds is 8. The van der Waals surface area contributed by atoms with Gasteiger partial charge in [0.1, 0.15) is 5.84 Å². The first-order valence-electron chi connectivity index (χ1n) is 17.0. The molecule has 0 bridgehead atoms. The Morgan fingerprint density at radius 1 is 1.10 bits per heavy atom. The molecule has 2 unspecified atom stereocenters. The number of carbonyl (C=O) groups excluding carboxylic acids is 1. The Balaban J connectivity index is 0.00000255. The third kappa shape index (κ3) is 10.4. The van der Waals surface area contributed by atoms with E-state index in [4.69, 9.17) is 4.99 Å². The molecule has 8 nitrogen and oxygen atoms in total. The van der Waals surface area contributed by atoms with E-state index >= 15 is 0 Å². The molecule has 1 saturated heterocycles. The van der Waals surface area contributed by atoms with E-state index in [1.807, 2.05) is 22.9 Å². The van der Waals surface area contributed by atoms with E-state index in [0.29, 0.717) is 19.3 Å². The number of benzene rings is 1. The van der Waals surface area contributed by atoms with Crippen LogP contribution < -0.4 is 5.32 Å². The summed E-state index contributed by atoms with van der Waals surface area (Å²) in [7, 11) is 4.13. The van der Waals surface area contributed by atoms with Crippen molar-refractivity contribution in [1.29, 1.82) is 0 Å². The van der Waals surface area contributed by atoms with Crippen molar-refractivity contribution in [1.82, 2.24) is 24.9 Å². The normalized spacial score (nSPS) is 22.5. The van der Waals surface area contributed by atoms with Crippen LogP contribution in [0.2, 0.25) is 0 Å². The number of allylic oxidation sites excluding steroid dienone is 6. The molecule has 2 atom stereocenters. The summed E-state index contributed by atoms with van der Waals surface area (Å²) in [5.74, 6) is 0.856. The number of fused-ring (bicyclic) bond motifs is 1. The van der Waals surface area contributed by atoms with Crippen molar-refractivity contribution < 1.29 is 4.79 Å². The SMILES string of the molecule is C#C.CC(NCN1C=C=CN=CC1=NCC1=CC=C(N(C)C)CC=C1)C(=O)N1CCN(C2C/C=C\C=C/CCCc3ccccc32)CC1. The topological polar surface area (TPSA) is 66.8 Å². The Labute approximate surface area is 288 Å². The van der Waals surface area contributed by atoms with Gasteiger partial charge in [0.25, 0.3) is 0 Å². The molecule has 1 amide bonds. The number of carbonyl (C=O) groups is 1. The smallest absolute Gasteiger partial charge is 0.239 e. The number of hydrogen-bond donors (Lipinski definition) is 1. The van der Waals surface area contributed by atoms with Crippen LogP contribution in [0.3, 0.4) is 0 Å². The first-order valence-corrected chi connectivity index (χ1v) is 17.0. The second-order valence-corrected chi connectivity index (χ2v) is 12.4. The van der Waals surface area contributed by atoms with Gasteiger partial charge in [-0.15, -0.1) is 12.8 Å². The fourth-order valence-corrected chi connectivity index (χ4v) is 6.22. The summed E-state index contributed by atoms with van der Waals surface area (Å²) in [4.78, 5) is 31.4. The minimum absolute atomic E-state index is 0.131. The zero-order valence-electron chi connectivity index (χ0n) is 28.8. The van der Waals surface area contributed by atoms with Crippen LogP contribution in [0.15, 0.2) is 112 Å². The van der Waals surface area contributed by atoms with E-state index in [0.717, 1.165) is 69.7 Å². The van der Waals surface area contributed by atoms with Crippen molar-refractivity contribution in [2.45, 2.75) is 51.1 Å². The zero-order valence-corrected chi connectivity index (χ0v) is 28.8. The predicted molar refractivity (Wildman–Crippen MR) is 199 cm³/mol. The van der Waals surface area contributed by atoms with Crippen LogP contribution in [-0.4, -0.2) is 97.1 Å². The molecule has 0 aromatic heterocycles. The maximum atomic E-state index is 13.6. The number of piperazine rings is 1. The Morgan fingerprint density at radius 3 is 2.71 bits per heavy atom. The van der Waals surface area contributed by atoms with E-state index in [1.165, 1.54) is 16.8 Å². The van der Waals surface area contributed by atoms with E-state index in [2.05, 4.69) is 126 Å². The van der Waals surface area contributed by atoms with E-state index in [9.17, 15) is 4.79 Å². The van der Waals surface area contributed by atoms with Crippen LogP contribution in [0.5, 0.6) is 0 Å². The zero-order chi connectivity index (χ0) is 34.1. The maximum absolute atomic E-state index is 13.6. The van der Waals surface area contributed by atoms with Gasteiger partial charge < -0.3 is 14.7 Å². The third-order valence-electron chi connectivity index (χ3n) is 8.99. The molecule has 0 radical (unpaired) electrons. The van der Waals surface area contributed by atoms with Gasteiger partial charge >= 0.3 is 0 Å². The lowest BCUT2D eigenvalue weighted by Gasteiger charge is -2.40. The average Bonchev–Trinajstić information content (AvgIpc) is 3.52. The van der Waals surface area contributed by atoms with Crippen molar-refractivity contribution >= 4 is 18.0 Å². The molecule has 0 spiro atoms. The van der Waals surface area contributed by atoms with Gasteiger partial charge in [-0.05, 0) is 55.4 Å². The van der Waals surface area contributed by atoms with Gasteiger partial charge in [0, 0.05) is 58.4 Å². The summed E-state index contributed by atoms with van der Waals surface area (Å²) < 4.78 is 0. The van der Waals surface area contributed by atoms with Gasteiger partial charge in [-0.25, -0.2) is 0 Å². The Hall–Kier alpha value is -4.67. The number of terminal acetylenes is 1. The molecular formula is C40H51N7O. The molecule has 0 saturated carbocycles. The lowest BCUT2D eigenvalue weighted by atomic mass is 9.93. The Bertz CT molecular complexity index is 1520. The average molecular weight is 646 g/mol. The first-order chi connectivity index (χ1) is 23.5. The van der Waals surface area contributed by atoms with Gasteiger partial charge in [0.15, 0.2) is 0 Å². The Morgan fingerprint density at radius 2 is 1.90 bits per heavy atom. The molecule has 1 N–H and O–H groups in total. The molecule has 48 heavy (non-hydrogen) atoms. The molecule has 252 valence electrons. The lowest BCUT2D eigenvalue weighted by Crippen LogP contribution is -2.55. The summed E-state index contributed by atoms with van der Waals surface area (Å²) in [6.45, 7) is 6.10. The fourth-order valence-electron chi connectivity index (χ4n) is 6.22. The minimum Gasteiger partial charge on any atom is -0.381 e. The Kier molecular flexibility index (Phi) is 14.5. The van der Waals surface area contributed by atoms with E-state index in [-0.39, 0.29) is 11.9 Å². The quantitative estimate of drug-likeness (QED) is 0.293. The summed E-state index contributed by atoms with van der Waals surface area (Å²) in [6.07, 6.45) is 36.0. The molecule has 1 aromatic carbocycles. The molecule has 8 heteroatoms. The highest BCUT2D eigenvalue weighted by molar-refractivity contribution is 6.29. The number of aryl methyl sites for hydroxylation is 1. The molecule has 2 aliphatic carbocycles. The van der Waals surface area contributed by atoms with Gasteiger partial charge in [-0.3, -0.25) is 25.0 Å². The molecule has 4 aliphatic rings. The second-order valence-electron chi connectivity index (χ2n) is 12.4. The molecule has 1 aromatic rings. The highest BCUT2D eigenvalue weighted by Gasteiger charge is 2.29. The van der Waals surface area contributed by atoms with Gasteiger partial charge in [0.05, 0.1) is 37.9 Å². The van der Waals surface area contributed by atoms with Crippen LogP contribution in [-0.2, 0) is 11.2 Å². The number of amides is 1. The summed E-state index contributed by atoms with van der Waals surface area (Å²) in [6, 6.07) is 8.92. The largest absolute Gasteiger partial charge is 0.381 e. The van der Waals surface area contributed by atoms with Crippen LogP contribution >= 0.6 is 0 Å². The van der Waals surface area contributed by atoms with Crippen molar-refractivity contribution in [3.63, 3.8) is 0 Å². The van der Waals surface area contributed by atoms with Crippen LogP contribution in [0.25, 0.3) is 0 Å². The monoisotopic (exact) mass is 645 g/mol. The number of nitrogens with one attached hydrogen (secondary N) is 1. The van der Waals surface area contributed by atoms with Crippen LogP contribution in [0.1, 0.15) is 49.8 Å². The fraction of sp³-hybridized carbons (Fsp3) is 0.400. The summed E-state index contributed by atoms with van der Waals surface area (Å²) in [5, 5.41) is 3.43. The second kappa shape index (κ2) is 19.2. The summed E-state index contributed by atoms with van der Waals surface area (Å²) >= 11 is 0. The van der Waals surface area contributed by atoms with Gasteiger partial charge in [0.2, 0.25) is 5.91 Å². The highest BCUT2D eigenvalue weighted by atomic mass is 16.2. The predicted octanol–water partition coefficient (Wildman–Crippen LogP) is 5.64. The number of hydrogen-bond acceptors (Lipinski definition) is 6. The third-order valence-corrected chi connectivity index (χ3v) is 8.99.